The summed E-state index contributed by atoms with van der Waals surface area (Å²) in [5.74, 6) is -1.12. The molecule has 1 N–H and O–H groups in total. The lowest BCUT2D eigenvalue weighted by Gasteiger charge is -2.08. The molecule has 1 aromatic heterocycles. The van der Waals surface area contributed by atoms with Crippen LogP contribution in [0.5, 0.6) is 0 Å². The molecule has 0 fully saturated rings. The van der Waals surface area contributed by atoms with Crippen LogP contribution >= 0.6 is 11.6 Å². The third-order valence-corrected chi connectivity index (χ3v) is 2.69. The third-order valence-electron chi connectivity index (χ3n) is 2.36. The van der Waals surface area contributed by atoms with Crippen molar-refractivity contribution in [2.75, 3.05) is 5.32 Å². The number of aromatic nitrogens is 1. The van der Waals surface area contributed by atoms with E-state index in [4.69, 9.17) is 11.6 Å². The highest BCUT2D eigenvalue weighted by atomic mass is 35.5. The van der Waals surface area contributed by atoms with Gasteiger partial charge in [-0.1, -0.05) is 17.7 Å². The van der Waals surface area contributed by atoms with E-state index in [2.05, 4.69) is 10.3 Å². The van der Waals surface area contributed by atoms with Gasteiger partial charge < -0.3 is 5.32 Å². The monoisotopic (exact) mass is 264 g/mol. The fourth-order valence-corrected chi connectivity index (χ4v) is 1.64. The second-order valence-corrected chi connectivity index (χ2v) is 4.21. The fraction of sp³-hybridized carbons (Fsp3) is 0.0769. The van der Waals surface area contributed by atoms with Crippen molar-refractivity contribution in [2.24, 2.45) is 0 Å². The van der Waals surface area contributed by atoms with Crippen LogP contribution in [0.25, 0.3) is 0 Å². The Morgan fingerprint density at radius 1 is 1.33 bits per heavy atom. The maximum absolute atomic E-state index is 12.9. The summed E-state index contributed by atoms with van der Waals surface area (Å²) >= 11 is 5.96. The van der Waals surface area contributed by atoms with Gasteiger partial charge in [-0.2, -0.15) is 4.39 Å². The van der Waals surface area contributed by atoms with Gasteiger partial charge in [-0.05, 0) is 30.7 Å². The summed E-state index contributed by atoms with van der Waals surface area (Å²) in [6, 6.07) is 7.78. The van der Waals surface area contributed by atoms with E-state index in [-0.39, 0.29) is 5.56 Å². The zero-order chi connectivity index (χ0) is 13.1. The lowest BCUT2D eigenvalue weighted by Crippen LogP contribution is -2.12. The van der Waals surface area contributed by atoms with Crippen molar-refractivity contribution in [3.63, 3.8) is 0 Å². The number of rotatable bonds is 2. The zero-order valence-electron chi connectivity index (χ0n) is 9.58. The van der Waals surface area contributed by atoms with Crippen molar-refractivity contribution in [1.29, 1.82) is 0 Å². The molecule has 3 nitrogen and oxygen atoms in total. The zero-order valence-corrected chi connectivity index (χ0v) is 10.3. The Hall–Kier alpha value is -1.94. The van der Waals surface area contributed by atoms with Crippen LogP contribution in [0.2, 0.25) is 5.02 Å². The molecule has 0 aliphatic rings. The van der Waals surface area contributed by atoms with Gasteiger partial charge in [-0.25, -0.2) is 4.98 Å². The molecule has 2 rings (SSSR count). The maximum atomic E-state index is 12.9. The number of carbonyl (C=O) groups is 1. The largest absolute Gasteiger partial charge is 0.321 e. The van der Waals surface area contributed by atoms with Gasteiger partial charge in [-0.3, -0.25) is 4.79 Å². The van der Waals surface area contributed by atoms with Crippen LogP contribution in [0.4, 0.5) is 10.1 Å². The second kappa shape index (κ2) is 5.14. The summed E-state index contributed by atoms with van der Waals surface area (Å²) in [6.45, 7) is 1.89. The summed E-state index contributed by atoms with van der Waals surface area (Å²) < 4.78 is 12.9. The molecule has 0 bridgehead atoms. The van der Waals surface area contributed by atoms with Crippen LogP contribution < -0.4 is 5.32 Å². The van der Waals surface area contributed by atoms with E-state index < -0.39 is 11.9 Å². The topological polar surface area (TPSA) is 42.0 Å². The molecule has 0 aliphatic heterocycles. The number of pyridine rings is 1. The van der Waals surface area contributed by atoms with Gasteiger partial charge >= 0.3 is 0 Å². The maximum Gasteiger partial charge on any atom is 0.255 e. The second-order valence-electron chi connectivity index (χ2n) is 3.80. The summed E-state index contributed by atoms with van der Waals surface area (Å²) in [5.41, 5.74) is 1.66. The minimum Gasteiger partial charge on any atom is -0.321 e. The van der Waals surface area contributed by atoms with E-state index in [0.717, 1.165) is 11.6 Å². The van der Waals surface area contributed by atoms with Crippen molar-refractivity contribution in [3.8, 4) is 0 Å². The molecule has 0 atom stereocenters. The predicted octanol–water partition coefficient (Wildman–Crippen LogP) is 3.43. The first-order valence-electron chi connectivity index (χ1n) is 5.25. The number of aryl methyl sites for hydroxylation is 1. The van der Waals surface area contributed by atoms with Crippen LogP contribution in [0.1, 0.15) is 15.9 Å². The number of anilines is 1. The molecule has 0 aliphatic carbocycles. The number of halogens is 2. The first-order chi connectivity index (χ1) is 8.56. The normalized spacial score (nSPS) is 10.2. The van der Waals surface area contributed by atoms with Gasteiger partial charge in [0.05, 0.1) is 10.7 Å². The Morgan fingerprint density at radius 2 is 2.11 bits per heavy atom. The van der Waals surface area contributed by atoms with E-state index in [9.17, 15) is 9.18 Å². The number of nitrogens with one attached hydrogen (secondary N) is 1. The number of amides is 1. The Kier molecular flexibility index (Phi) is 3.58. The van der Waals surface area contributed by atoms with Gasteiger partial charge in [-0.15, -0.1) is 0 Å². The summed E-state index contributed by atoms with van der Waals surface area (Å²) in [7, 11) is 0. The van der Waals surface area contributed by atoms with Gasteiger partial charge in [0, 0.05) is 17.8 Å². The molecule has 5 heteroatoms. The van der Waals surface area contributed by atoms with E-state index >= 15 is 0 Å². The Morgan fingerprint density at radius 3 is 2.83 bits per heavy atom. The number of carbonyl (C=O) groups excluding carboxylic acids is 1. The molecule has 92 valence electrons. The Bertz CT molecular complexity index is 601. The van der Waals surface area contributed by atoms with E-state index in [0.29, 0.717) is 10.7 Å². The van der Waals surface area contributed by atoms with E-state index in [1.54, 1.807) is 12.1 Å². The highest BCUT2D eigenvalue weighted by molar-refractivity contribution is 6.33. The minimum atomic E-state index is -0.696. The van der Waals surface area contributed by atoms with E-state index in [1.165, 1.54) is 12.3 Å². The van der Waals surface area contributed by atoms with Crippen molar-refractivity contribution < 1.29 is 9.18 Å². The molecular formula is C13H10ClFN2O. The predicted molar refractivity (Wildman–Crippen MR) is 68.3 cm³/mol. The summed E-state index contributed by atoms with van der Waals surface area (Å²) in [4.78, 5) is 15.3. The third kappa shape index (κ3) is 2.84. The lowest BCUT2D eigenvalue weighted by atomic mass is 10.2. The number of benzene rings is 1. The first kappa shape index (κ1) is 12.5. The molecule has 1 amide bonds. The molecule has 1 aromatic carbocycles. The van der Waals surface area contributed by atoms with Gasteiger partial charge in [0.25, 0.3) is 5.91 Å². The van der Waals surface area contributed by atoms with Crippen molar-refractivity contribution in [1.82, 2.24) is 4.98 Å². The van der Waals surface area contributed by atoms with Crippen LogP contribution in [0.15, 0.2) is 36.5 Å². The van der Waals surface area contributed by atoms with Gasteiger partial charge in [0.2, 0.25) is 5.95 Å². The first-order valence-corrected chi connectivity index (χ1v) is 5.63. The van der Waals surface area contributed by atoms with E-state index in [1.807, 2.05) is 13.0 Å². The molecule has 18 heavy (non-hydrogen) atoms. The smallest absolute Gasteiger partial charge is 0.255 e. The number of hydrogen-bond donors (Lipinski definition) is 1. The molecule has 2 aromatic rings. The summed E-state index contributed by atoms with van der Waals surface area (Å²) in [6.07, 6.45) is 1.24. The highest BCUT2D eigenvalue weighted by Crippen LogP contribution is 2.23. The Labute approximate surface area is 109 Å². The number of hydrogen-bond acceptors (Lipinski definition) is 2. The van der Waals surface area contributed by atoms with Crippen molar-refractivity contribution in [3.05, 3.63) is 58.6 Å². The Balaban J connectivity index is 2.24. The van der Waals surface area contributed by atoms with Crippen LogP contribution in [0, 0.1) is 12.9 Å². The molecule has 0 saturated heterocycles. The van der Waals surface area contributed by atoms with Crippen LogP contribution in [-0.2, 0) is 0 Å². The fourth-order valence-electron chi connectivity index (χ4n) is 1.47. The lowest BCUT2D eigenvalue weighted by molar-refractivity contribution is 0.102. The molecule has 0 saturated carbocycles. The summed E-state index contributed by atoms with van der Waals surface area (Å²) in [5, 5.41) is 3.06. The van der Waals surface area contributed by atoms with Crippen molar-refractivity contribution >= 4 is 23.2 Å². The van der Waals surface area contributed by atoms with Gasteiger partial charge in [0.15, 0.2) is 0 Å². The average molecular weight is 265 g/mol. The van der Waals surface area contributed by atoms with Crippen LogP contribution in [0.3, 0.4) is 0 Å². The van der Waals surface area contributed by atoms with Gasteiger partial charge in [0.1, 0.15) is 0 Å². The van der Waals surface area contributed by atoms with Crippen LogP contribution in [-0.4, -0.2) is 10.9 Å². The quantitative estimate of drug-likeness (QED) is 0.845. The molecule has 0 radical (unpaired) electrons. The minimum absolute atomic E-state index is 0.195. The van der Waals surface area contributed by atoms with Crippen molar-refractivity contribution in [2.45, 2.75) is 6.92 Å². The average Bonchev–Trinajstić information content (AvgIpc) is 2.34. The molecule has 1 heterocycles. The molecular weight excluding hydrogens is 255 g/mol. The molecule has 0 unspecified atom stereocenters. The standard InChI is InChI=1S/C13H10ClFN2O/c1-8-2-3-10(14)11(6-8)17-13(18)9-4-5-16-12(15)7-9/h2-7H,1H3,(H,17,18). The SMILES string of the molecule is Cc1ccc(Cl)c(NC(=O)c2ccnc(F)c2)c1. The number of nitrogens with zero attached hydrogens (tertiary/aromatic N) is 1. The highest BCUT2D eigenvalue weighted by Gasteiger charge is 2.09. The molecule has 0 spiro atoms.